The van der Waals surface area contributed by atoms with Crippen LogP contribution in [0.5, 0.6) is 0 Å². The highest BCUT2D eigenvalue weighted by atomic mass is 127. The van der Waals surface area contributed by atoms with Crippen LogP contribution < -0.4 is 5.32 Å². The third-order valence-electron chi connectivity index (χ3n) is 5.41. The van der Waals surface area contributed by atoms with Crippen molar-refractivity contribution in [1.29, 1.82) is 0 Å². The number of aliphatic imine (C=N–C) groups is 1. The van der Waals surface area contributed by atoms with Crippen LogP contribution in [0, 0.1) is 5.92 Å². The van der Waals surface area contributed by atoms with Gasteiger partial charge < -0.3 is 15.0 Å². The van der Waals surface area contributed by atoms with Crippen LogP contribution in [0.15, 0.2) is 65.7 Å². The maximum Gasteiger partial charge on any atom is 0.193 e. The number of nitrogens with zero attached hydrogens (tertiary/aromatic N) is 2. The number of methoxy groups -OCH3 is 1. The van der Waals surface area contributed by atoms with Crippen molar-refractivity contribution in [3.05, 3.63) is 71.8 Å². The highest BCUT2D eigenvalue weighted by Gasteiger charge is 2.24. The lowest BCUT2D eigenvalue weighted by atomic mass is 9.89. The van der Waals surface area contributed by atoms with Gasteiger partial charge in [0.1, 0.15) is 0 Å². The van der Waals surface area contributed by atoms with Gasteiger partial charge in [0.25, 0.3) is 0 Å². The first-order valence-electron chi connectivity index (χ1n) is 10.4. The van der Waals surface area contributed by atoms with E-state index in [0.717, 1.165) is 45.2 Å². The summed E-state index contributed by atoms with van der Waals surface area (Å²) in [5.41, 5.74) is 2.71. The monoisotopic (exact) mass is 507 g/mol. The van der Waals surface area contributed by atoms with Gasteiger partial charge in [-0.15, -0.1) is 24.0 Å². The van der Waals surface area contributed by atoms with Crippen molar-refractivity contribution in [3.63, 3.8) is 0 Å². The predicted octanol–water partition coefficient (Wildman–Crippen LogP) is 4.76. The van der Waals surface area contributed by atoms with Crippen molar-refractivity contribution in [1.82, 2.24) is 10.2 Å². The summed E-state index contributed by atoms with van der Waals surface area (Å²) in [6.45, 7) is 6.75. The van der Waals surface area contributed by atoms with E-state index in [1.54, 1.807) is 7.11 Å². The number of hydrogen-bond acceptors (Lipinski definition) is 2. The molecule has 0 aliphatic carbocycles. The van der Waals surface area contributed by atoms with Gasteiger partial charge in [-0.2, -0.15) is 0 Å². The van der Waals surface area contributed by atoms with Gasteiger partial charge in [-0.25, -0.2) is 0 Å². The molecule has 1 fully saturated rings. The molecule has 5 heteroatoms. The van der Waals surface area contributed by atoms with Gasteiger partial charge in [0.05, 0.1) is 6.61 Å². The Morgan fingerprint density at radius 3 is 2.28 bits per heavy atom. The molecule has 158 valence electrons. The number of guanidine groups is 1. The Labute approximate surface area is 192 Å². The Morgan fingerprint density at radius 1 is 1.10 bits per heavy atom. The van der Waals surface area contributed by atoms with Gasteiger partial charge >= 0.3 is 0 Å². The van der Waals surface area contributed by atoms with Crippen molar-refractivity contribution in [3.8, 4) is 0 Å². The van der Waals surface area contributed by atoms with Gasteiger partial charge in [0.2, 0.25) is 0 Å². The smallest absolute Gasteiger partial charge is 0.193 e. The van der Waals surface area contributed by atoms with E-state index >= 15 is 0 Å². The molecular formula is C24H34IN3O. The van der Waals surface area contributed by atoms with Crippen LogP contribution in [-0.2, 0) is 4.74 Å². The van der Waals surface area contributed by atoms with Gasteiger partial charge in [0.15, 0.2) is 5.96 Å². The number of nitrogens with one attached hydrogen (secondary N) is 1. The fourth-order valence-corrected chi connectivity index (χ4v) is 4.02. The highest BCUT2D eigenvalue weighted by Crippen LogP contribution is 2.28. The van der Waals surface area contributed by atoms with Crippen LogP contribution in [0.3, 0.4) is 0 Å². The number of halogens is 1. The summed E-state index contributed by atoms with van der Waals surface area (Å²) in [6.07, 6.45) is 2.17. The first kappa shape index (κ1) is 23.7. The van der Waals surface area contributed by atoms with Crippen molar-refractivity contribution in [2.45, 2.75) is 25.7 Å². The molecule has 2 aromatic rings. The minimum absolute atomic E-state index is 0. The molecule has 1 aliphatic heterocycles. The Bertz CT molecular complexity index is 684. The Balaban J connectivity index is 0.00000300. The Hall–Kier alpha value is -1.60. The van der Waals surface area contributed by atoms with Crippen molar-refractivity contribution in [2.24, 2.45) is 10.9 Å². The fourth-order valence-electron chi connectivity index (χ4n) is 4.02. The minimum atomic E-state index is 0. The molecule has 0 amide bonds. The zero-order valence-corrected chi connectivity index (χ0v) is 19.9. The molecule has 0 radical (unpaired) electrons. The lowest BCUT2D eigenvalue weighted by Crippen LogP contribution is -2.40. The summed E-state index contributed by atoms with van der Waals surface area (Å²) >= 11 is 0. The van der Waals surface area contributed by atoms with E-state index in [0.29, 0.717) is 11.8 Å². The van der Waals surface area contributed by atoms with E-state index in [4.69, 9.17) is 9.73 Å². The summed E-state index contributed by atoms with van der Waals surface area (Å²) in [4.78, 5) is 7.35. The second-order valence-corrected chi connectivity index (χ2v) is 7.45. The number of likely N-dealkylation sites (tertiary alicyclic amines) is 1. The highest BCUT2D eigenvalue weighted by molar-refractivity contribution is 14.0. The second kappa shape index (κ2) is 12.9. The maximum absolute atomic E-state index is 5.34. The van der Waals surface area contributed by atoms with Gasteiger partial charge in [0, 0.05) is 45.1 Å². The fraction of sp³-hybridized carbons (Fsp3) is 0.458. The Kier molecular flexibility index (Phi) is 10.5. The molecule has 0 spiro atoms. The molecule has 0 bridgehead atoms. The molecule has 4 nitrogen and oxygen atoms in total. The number of rotatable bonds is 8. The van der Waals surface area contributed by atoms with Crippen LogP contribution in [0.1, 0.15) is 36.8 Å². The largest absolute Gasteiger partial charge is 0.384 e. The van der Waals surface area contributed by atoms with Gasteiger partial charge in [-0.05, 0) is 30.9 Å². The van der Waals surface area contributed by atoms with Crippen molar-refractivity contribution < 1.29 is 4.74 Å². The number of hydrogen-bond donors (Lipinski definition) is 1. The van der Waals surface area contributed by atoms with Crippen LogP contribution >= 0.6 is 24.0 Å². The third-order valence-corrected chi connectivity index (χ3v) is 5.41. The SMILES string of the molecule is CCNC(=NCCC(c1ccccc1)c1ccccc1)N1CCC(COC)C1.I. The standard InChI is InChI=1S/C24H33N3O.HI/c1-3-25-24(27-17-15-20(18-27)19-28-2)26-16-14-23(21-10-6-4-7-11-21)22-12-8-5-9-13-22;/h4-13,20,23H,3,14-19H2,1-2H3,(H,25,26);1H. The van der Waals surface area contributed by atoms with E-state index in [1.165, 1.54) is 17.5 Å². The molecule has 1 heterocycles. The normalized spacial score (nSPS) is 16.7. The molecule has 1 saturated heterocycles. The van der Waals surface area contributed by atoms with Crippen molar-refractivity contribution in [2.75, 3.05) is 39.9 Å². The van der Waals surface area contributed by atoms with E-state index in [2.05, 4.69) is 77.8 Å². The molecule has 2 aromatic carbocycles. The summed E-state index contributed by atoms with van der Waals surface area (Å²) < 4.78 is 5.34. The molecule has 0 aromatic heterocycles. The first-order chi connectivity index (χ1) is 13.8. The second-order valence-electron chi connectivity index (χ2n) is 7.45. The molecule has 1 aliphatic rings. The summed E-state index contributed by atoms with van der Waals surface area (Å²) in [7, 11) is 1.79. The average Bonchev–Trinajstić information content (AvgIpc) is 3.20. The third kappa shape index (κ3) is 7.00. The molecule has 1 atom stereocenters. The molecule has 3 rings (SSSR count). The molecule has 0 saturated carbocycles. The zero-order valence-electron chi connectivity index (χ0n) is 17.6. The van der Waals surface area contributed by atoms with Gasteiger partial charge in [-0.3, -0.25) is 4.99 Å². The van der Waals surface area contributed by atoms with Gasteiger partial charge in [-0.1, -0.05) is 60.7 Å². The maximum atomic E-state index is 5.34. The predicted molar refractivity (Wildman–Crippen MR) is 132 cm³/mol. The molecule has 1 unspecified atom stereocenters. The van der Waals surface area contributed by atoms with Crippen LogP contribution in [0.4, 0.5) is 0 Å². The van der Waals surface area contributed by atoms with E-state index < -0.39 is 0 Å². The van der Waals surface area contributed by atoms with Crippen LogP contribution in [0.25, 0.3) is 0 Å². The zero-order chi connectivity index (χ0) is 19.6. The van der Waals surface area contributed by atoms with E-state index in [9.17, 15) is 0 Å². The van der Waals surface area contributed by atoms with E-state index in [1.807, 2.05) is 0 Å². The topological polar surface area (TPSA) is 36.9 Å². The quantitative estimate of drug-likeness (QED) is 0.318. The lowest BCUT2D eigenvalue weighted by molar-refractivity contribution is 0.157. The minimum Gasteiger partial charge on any atom is -0.384 e. The summed E-state index contributed by atoms with van der Waals surface area (Å²) in [5.74, 6) is 2.02. The van der Waals surface area contributed by atoms with Crippen LogP contribution in [-0.4, -0.2) is 50.8 Å². The molecule has 1 N–H and O–H groups in total. The lowest BCUT2D eigenvalue weighted by Gasteiger charge is -2.22. The summed E-state index contributed by atoms with van der Waals surface area (Å²) in [5, 5.41) is 3.48. The molecular weight excluding hydrogens is 473 g/mol. The van der Waals surface area contributed by atoms with Crippen LogP contribution in [0.2, 0.25) is 0 Å². The molecule has 29 heavy (non-hydrogen) atoms. The first-order valence-corrected chi connectivity index (χ1v) is 10.4. The van der Waals surface area contributed by atoms with Crippen molar-refractivity contribution >= 4 is 29.9 Å². The number of ether oxygens (including phenoxy) is 1. The average molecular weight is 507 g/mol. The Morgan fingerprint density at radius 2 is 1.72 bits per heavy atom. The summed E-state index contributed by atoms with van der Waals surface area (Å²) in [6, 6.07) is 21.6. The number of benzene rings is 2. The van der Waals surface area contributed by atoms with E-state index in [-0.39, 0.29) is 24.0 Å².